The number of anilines is 1. The van der Waals surface area contributed by atoms with Gasteiger partial charge < -0.3 is 5.32 Å². The van der Waals surface area contributed by atoms with Crippen LogP contribution in [0.2, 0.25) is 0 Å². The van der Waals surface area contributed by atoms with Gasteiger partial charge in [-0.2, -0.15) is 0 Å². The molecule has 0 aliphatic rings. The third kappa shape index (κ3) is 3.33. The van der Waals surface area contributed by atoms with E-state index in [0.29, 0.717) is 17.8 Å². The first kappa shape index (κ1) is 14.5. The van der Waals surface area contributed by atoms with Crippen molar-refractivity contribution in [3.05, 3.63) is 61.9 Å². The number of aryl methyl sites for hydroxylation is 2. The molecule has 0 aliphatic heterocycles. The van der Waals surface area contributed by atoms with Gasteiger partial charge in [-0.3, -0.25) is 15.1 Å². The Morgan fingerprint density at radius 3 is 2.70 bits per heavy atom. The van der Waals surface area contributed by atoms with Gasteiger partial charge in [0.2, 0.25) is 0 Å². The Kier molecular flexibility index (Phi) is 4.34. The van der Waals surface area contributed by atoms with E-state index in [1.54, 1.807) is 25.3 Å². The first-order valence-electron chi connectivity index (χ1n) is 6.07. The molecule has 1 aromatic heterocycles. The molecule has 0 radical (unpaired) electrons. The van der Waals surface area contributed by atoms with Gasteiger partial charge in [-0.25, -0.2) is 0 Å². The van der Waals surface area contributed by atoms with Gasteiger partial charge in [0.15, 0.2) is 0 Å². The second kappa shape index (κ2) is 6.00. The number of halogens is 1. The summed E-state index contributed by atoms with van der Waals surface area (Å²) in [7, 11) is 0. The quantitative estimate of drug-likeness (QED) is 0.677. The largest absolute Gasteiger partial charge is 0.380 e. The SMILES string of the molecule is Cc1ccc(CNc2cc([N+](=O)[O-])c(C)cc2Br)cn1. The maximum Gasteiger partial charge on any atom is 0.274 e. The van der Waals surface area contributed by atoms with Gasteiger partial charge in [-0.1, -0.05) is 6.07 Å². The molecule has 0 amide bonds. The van der Waals surface area contributed by atoms with E-state index in [1.165, 1.54) is 0 Å². The van der Waals surface area contributed by atoms with E-state index in [2.05, 4.69) is 26.2 Å². The zero-order valence-electron chi connectivity index (χ0n) is 11.2. The predicted molar refractivity (Wildman–Crippen MR) is 81.8 cm³/mol. The number of hydrogen-bond donors (Lipinski definition) is 1. The third-order valence-electron chi connectivity index (χ3n) is 2.94. The van der Waals surface area contributed by atoms with E-state index in [9.17, 15) is 10.1 Å². The lowest BCUT2D eigenvalue weighted by atomic mass is 10.2. The fourth-order valence-electron chi connectivity index (χ4n) is 1.79. The Labute approximate surface area is 125 Å². The Morgan fingerprint density at radius 1 is 1.35 bits per heavy atom. The smallest absolute Gasteiger partial charge is 0.274 e. The minimum absolute atomic E-state index is 0.109. The van der Waals surface area contributed by atoms with Crippen molar-refractivity contribution in [1.29, 1.82) is 0 Å². The molecule has 5 nitrogen and oxygen atoms in total. The highest BCUT2D eigenvalue weighted by Crippen LogP contribution is 2.30. The van der Waals surface area contributed by atoms with Crippen molar-refractivity contribution < 1.29 is 4.92 Å². The topological polar surface area (TPSA) is 68.1 Å². The highest BCUT2D eigenvalue weighted by molar-refractivity contribution is 9.10. The van der Waals surface area contributed by atoms with Crippen LogP contribution in [0.1, 0.15) is 16.8 Å². The van der Waals surface area contributed by atoms with Crippen LogP contribution in [0, 0.1) is 24.0 Å². The summed E-state index contributed by atoms with van der Waals surface area (Å²) >= 11 is 3.41. The summed E-state index contributed by atoms with van der Waals surface area (Å²) < 4.78 is 0.806. The molecule has 0 spiro atoms. The molecule has 2 aromatic rings. The van der Waals surface area contributed by atoms with E-state index in [4.69, 9.17) is 0 Å². The molecule has 0 unspecified atom stereocenters. The van der Waals surface area contributed by atoms with Gasteiger partial charge in [0.1, 0.15) is 0 Å². The van der Waals surface area contributed by atoms with E-state index < -0.39 is 0 Å². The van der Waals surface area contributed by atoms with E-state index in [-0.39, 0.29) is 10.6 Å². The van der Waals surface area contributed by atoms with Crippen molar-refractivity contribution in [3.63, 3.8) is 0 Å². The Balaban J connectivity index is 2.18. The molecule has 104 valence electrons. The number of benzene rings is 1. The maximum absolute atomic E-state index is 10.9. The van der Waals surface area contributed by atoms with Crippen LogP contribution in [-0.4, -0.2) is 9.91 Å². The first-order valence-corrected chi connectivity index (χ1v) is 6.86. The van der Waals surface area contributed by atoms with Gasteiger partial charge in [-0.05, 0) is 47.5 Å². The molecule has 1 aromatic carbocycles. The zero-order chi connectivity index (χ0) is 14.7. The lowest BCUT2D eigenvalue weighted by Gasteiger charge is -2.10. The molecule has 6 heteroatoms. The average molecular weight is 336 g/mol. The van der Waals surface area contributed by atoms with Crippen molar-refractivity contribution in [2.45, 2.75) is 20.4 Å². The van der Waals surface area contributed by atoms with Gasteiger partial charge in [0.25, 0.3) is 5.69 Å². The van der Waals surface area contributed by atoms with Gasteiger partial charge >= 0.3 is 0 Å². The second-order valence-corrected chi connectivity index (χ2v) is 5.39. The fourth-order valence-corrected chi connectivity index (χ4v) is 2.39. The summed E-state index contributed by atoms with van der Waals surface area (Å²) in [4.78, 5) is 14.8. The van der Waals surface area contributed by atoms with Crippen LogP contribution in [0.5, 0.6) is 0 Å². The third-order valence-corrected chi connectivity index (χ3v) is 3.59. The lowest BCUT2D eigenvalue weighted by Crippen LogP contribution is -2.02. The highest BCUT2D eigenvalue weighted by atomic mass is 79.9. The molecule has 0 bridgehead atoms. The fraction of sp³-hybridized carbons (Fsp3) is 0.214. The number of rotatable bonds is 4. The number of hydrogen-bond acceptors (Lipinski definition) is 4. The molecular weight excluding hydrogens is 322 g/mol. The van der Waals surface area contributed by atoms with Crippen LogP contribution in [0.4, 0.5) is 11.4 Å². The van der Waals surface area contributed by atoms with Gasteiger partial charge in [-0.15, -0.1) is 0 Å². The summed E-state index contributed by atoms with van der Waals surface area (Å²) in [5.74, 6) is 0. The summed E-state index contributed by atoms with van der Waals surface area (Å²) in [6.45, 7) is 4.21. The summed E-state index contributed by atoms with van der Waals surface area (Å²) in [5.41, 5.74) is 3.41. The Hall–Kier alpha value is -1.95. The summed E-state index contributed by atoms with van der Waals surface area (Å²) in [6, 6.07) is 7.20. The first-order chi connectivity index (χ1) is 9.47. The Morgan fingerprint density at radius 2 is 2.10 bits per heavy atom. The van der Waals surface area contributed by atoms with Crippen LogP contribution in [0.15, 0.2) is 34.9 Å². The minimum atomic E-state index is -0.375. The second-order valence-electron chi connectivity index (χ2n) is 4.54. The van der Waals surface area contributed by atoms with Crippen LogP contribution in [0.3, 0.4) is 0 Å². The van der Waals surface area contributed by atoms with Crippen molar-refractivity contribution in [2.75, 3.05) is 5.32 Å². The van der Waals surface area contributed by atoms with Crippen LogP contribution in [0.25, 0.3) is 0 Å². The zero-order valence-corrected chi connectivity index (χ0v) is 12.8. The number of nitrogens with zero attached hydrogens (tertiary/aromatic N) is 2. The molecule has 2 rings (SSSR count). The monoisotopic (exact) mass is 335 g/mol. The molecule has 20 heavy (non-hydrogen) atoms. The number of nitrogens with one attached hydrogen (secondary N) is 1. The number of pyridine rings is 1. The van der Waals surface area contributed by atoms with E-state index in [1.807, 2.05) is 19.1 Å². The lowest BCUT2D eigenvalue weighted by molar-refractivity contribution is -0.385. The van der Waals surface area contributed by atoms with Gasteiger partial charge in [0, 0.05) is 34.5 Å². The van der Waals surface area contributed by atoms with Crippen LogP contribution >= 0.6 is 15.9 Å². The maximum atomic E-state index is 10.9. The molecule has 0 saturated heterocycles. The van der Waals surface area contributed by atoms with Crippen LogP contribution < -0.4 is 5.32 Å². The standard InChI is InChI=1S/C14H14BrN3O2/c1-9-5-12(15)13(6-14(9)18(19)20)17-8-11-4-3-10(2)16-7-11/h3-7,17H,8H2,1-2H3. The summed E-state index contributed by atoms with van der Waals surface area (Å²) in [5, 5.41) is 14.1. The number of aromatic nitrogens is 1. The molecule has 1 heterocycles. The van der Waals surface area contributed by atoms with Crippen LogP contribution in [-0.2, 0) is 6.54 Å². The predicted octanol–water partition coefficient (Wildman–Crippen LogP) is 3.98. The highest BCUT2D eigenvalue weighted by Gasteiger charge is 2.14. The molecule has 1 N–H and O–H groups in total. The van der Waals surface area contributed by atoms with Gasteiger partial charge in [0.05, 0.1) is 10.6 Å². The molecule has 0 aliphatic carbocycles. The number of nitro benzene ring substituents is 1. The number of nitro groups is 1. The Bertz CT molecular complexity index is 642. The summed E-state index contributed by atoms with van der Waals surface area (Å²) in [6.07, 6.45) is 1.79. The molecule has 0 saturated carbocycles. The normalized spacial score (nSPS) is 10.3. The van der Waals surface area contributed by atoms with Crippen molar-refractivity contribution in [1.82, 2.24) is 4.98 Å². The van der Waals surface area contributed by atoms with E-state index in [0.717, 1.165) is 15.7 Å². The minimum Gasteiger partial charge on any atom is -0.380 e. The van der Waals surface area contributed by atoms with Crippen molar-refractivity contribution in [3.8, 4) is 0 Å². The van der Waals surface area contributed by atoms with Crippen molar-refractivity contribution in [2.24, 2.45) is 0 Å². The molecular formula is C14H14BrN3O2. The average Bonchev–Trinajstić information content (AvgIpc) is 2.39. The molecule has 0 fully saturated rings. The van der Waals surface area contributed by atoms with E-state index >= 15 is 0 Å². The molecule has 0 atom stereocenters. The van der Waals surface area contributed by atoms with Crippen molar-refractivity contribution >= 4 is 27.3 Å².